The third kappa shape index (κ3) is 11.7. The zero-order chi connectivity index (χ0) is 23.0. The predicted octanol–water partition coefficient (Wildman–Crippen LogP) is 9.51. The topological polar surface area (TPSA) is 6.48 Å². The van der Waals surface area contributed by atoms with Gasteiger partial charge in [0.1, 0.15) is 0 Å². The molecule has 2 rings (SSSR count). The van der Waals surface area contributed by atoms with E-state index in [9.17, 15) is 0 Å². The van der Waals surface area contributed by atoms with Gasteiger partial charge in [-0.2, -0.15) is 0 Å². The van der Waals surface area contributed by atoms with Crippen LogP contribution in [-0.2, 0) is 0 Å². The van der Waals surface area contributed by atoms with E-state index in [0.717, 1.165) is 26.2 Å². The molecule has 0 saturated carbocycles. The number of benzene rings is 2. The second-order valence-corrected chi connectivity index (χ2v) is 8.90. The molecule has 0 fully saturated rings. The summed E-state index contributed by atoms with van der Waals surface area (Å²) in [5, 5.41) is 0. The second kappa shape index (κ2) is 19.6. The molecule has 0 unspecified atom stereocenters. The van der Waals surface area contributed by atoms with E-state index in [4.69, 9.17) is 0 Å². The zero-order valence-corrected chi connectivity index (χ0v) is 23.6. The molecule has 2 aromatic rings. The summed E-state index contributed by atoms with van der Waals surface area (Å²) in [7, 11) is 0. The number of unbranched alkanes of at least 4 members (excludes halogenated alkanes) is 4. The molecule has 4 heteroatoms. The molecule has 0 aliphatic heterocycles. The van der Waals surface area contributed by atoms with Gasteiger partial charge in [0.25, 0.3) is 0 Å². The maximum atomic E-state index is 2.54. The Hall–Kier alpha value is -1.64. The first kappa shape index (κ1) is 32.4. The summed E-state index contributed by atoms with van der Waals surface area (Å²) < 4.78 is 0. The summed E-state index contributed by atoms with van der Waals surface area (Å²) in [6.45, 7) is 13.7. The molecule has 0 spiro atoms. The predicted molar refractivity (Wildman–Crippen MR) is 160 cm³/mol. The number of nitrogens with zero attached hydrogens (tertiary/aromatic N) is 2. The minimum Gasteiger partial charge on any atom is -0.372 e. The minimum atomic E-state index is 0. The molecule has 0 amide bonds. The number of hydrogen-bond donors (Lipinski definition) is 0. The van der Waals surface area contributed by atoms with Crippen molar-refractivity contribution in [1.82, 2.24) is 0 Å². The molecule has 0 heterocycles. The quantitative estimate of drug-likeness (QED) is 0.209. The van der Waals surface area contributed by atoms with E-state index in [1.54, 1.807) is 0 Å². The number of rotatable bonds is 16. The zero-order valence-electron chi connectivity index (χ0n) is 22.0. The lowest BCUT2D eigenvalue weighted by Crippen LogP contribution is -2.25. The maximum Gasteiger partial charge on any atom is 0.0366 e. The van der Waals surface area contributed by atoms with Gasteiger partial charge >= 0.3 is 0 Å². The van der Waals surface area contributed by atoms with Crippen molar-refractivity contribution in [3.63, 3.8) is 0 Å². The van der Waals surface area contributed by atoms with Crippen molar-refractivity contribution in [3.8, 4) is 0 Å². The van der Waals surface area contributed by atoms with Crippen LogP contribution in [0.3, 0.4) is 0 Å². The Morgan fingerprint density at radius 1 is 0.471 bits per heavy atom. The van der Waals surface area contributed by atoms with Crippen molar-refractivity contribution in [1.29, 1.82) is 0 Å². The van der Waals surface area contributed by atoms with E-state index in [1.807, 2.05) is 0 Å². The first-order chi connectivity index (χ1) is 15.7. The van der Waals surface area contributed by atoms with E-state index in [1.165, 1.54) is 73.9 Å². The van der Waals surface area contributed by atoms with Crippen LogP contribution >= 0.6 is 24.8 Å². The summed E-state index contributed by atoms with van der Waals surface area (Å²) in [4.78, 5) is 5.09. The van der Waals surface area contributed by atoms with Crippen LogP contribution in [0.25, 0.3) is 12.2 Å². The lowest BCUT2D eigenvalue weighted by molar-refractivity contribution is 0.678. The molecule has 0 bridgehead atoms. The van der Waals surface area contributed by atoms with Crippen LogP contribution in [0, 0.1) is 0 Å². The van der Waals surface area contributed by atoms with Crippen molar-refractivity contribution < 1.29 is 0 Å². The molecule has 34 heavy (non-hydrogen) atoms. The van der Waals surface area contributed by atoms with Gasteiger partial charge in [-0.05, 0) is 61.1 Å². The lowest BCUT2D eigenvalue weighted by atomic mass is 10.1. The van der Waals surface area contributed by atoms with E-state index in [2.05, 4.69) is 98.2 Å². The van der Waals surface area contributed by atoms with Gasteiger partial charge in [-0.1, -0.05) is 89.8 Å². The summed E-state index contributed by atoms with van der Waals surface area (Å²) in [6, 6.07) is 18.1. The maximum absolute atomic E-state index is 2.54. The van der Waals surface area contributed by atoms with Gasteiger partial charge in [-0.25, -0.2) is 0 Å². The van der Waals surface area contributed by atoms with Gasteiger partial charge in [0.05, 0.1) is 0 Å². The Morgan fingerprint density at radius 2 is 0.735 bits per heavy atom. The molecule has 0 N–H and O–H groups in total. The molecule has 0 saturated heterocycles. The second-order valence-electron chi connectivity index (χ2n) is 8.90. The highest BCUT2D eigenvalue weighted by Gasteiger charge is 2.06. The van der Waals surface area contributed by atoms with Crippen molar-refractivity contribution in [3.05, 3.63) is 59.7 Å². The monoisotopic (exact) mass is 506 g/mol. The van der Waals surface area contributed by atoms with Gasteiger partial charge in [-0.15, -0.1) is 24.8 Å². The Kier molecular flexibility index (Phi) is 18.7. The lowest BCUT2D eigenvalue weighted by Gasteiger charge is -2.25. The highest BCUT2D eigenvalue weighted by molar-refractivity contribution is 5.85. The molecule has 0 aliphatic carbocycles. The van der Waals surface area contributed by atoms with Crippen molar-refractivity contribution in [2.75, 3.05) is 36.0 Å². The fourth-order valence-corrected chi connectivity index (χ4v) is 3.92. The minimum absolute atomic E-state index is 0. The Balaban J connectivity index is 0.00000544. The van der Waals surface area contributed by atoms with Crippen molar-refractivity contribution >= 4 is 48.3 Å². The number of hydrogen-bond acceptors (Lipinski definition) is 2. The van der Waals surface area contributed by atoms with Gasteiger partial charge in [-0.3, -0.25) is 0 Å². The molecular weight excluding hydrogens is 459 g/mol. The first-order valence-corrected chi connectivity index (χ1v) is 13.1. The molecule has 192 valence electrons. The number of halogens is 2. The van der Waals surface area contributed by atoms with Crippen LogP contribution in [0.4, 0.5) is 11.4 Å². The third-order valence-electron chi connectivity index (χ3n) is 6.11. The Labute approximate surface area is 222 Å². The molecule has 2 aromatic carbocycles. The van der Waals surface area contributed by atoms with Crippen molar-refractivity contribution in [2.45, 2.75) is 79.1 Å². The van der Waals surface area contributed by atoms with E-state index in [-0.39, 0.29) is 24.8 Å². The molecular formula is C30H48Cl2N2. The van der Waals surface area contributed by atoms with Crippen LogP contribution in [0.2, 0.25) is 0 Å². The van der Waals surface area contributed by atoms with Gasteiger partial charge in [0, 0.05) is 37.6 Å². The summed E-state index contributed by atoms with van der Waals surface area (Å²) in [5.74, 6) is 0. The fraction of sp³-hybridized carbons (Fsp3) is 0.533. The first-order valence-electron chi connectivity index (χ1n) is 13.1. The third-order valence-corrected chi connectivity index (χ3v) is 6.11. The summed E-state index contributed by atoms with van der Waals surface area (Å²) in [6.07, 6.45) is 14.5. The largest absolute Gasteiger partial charge is 0.372 e. The Bertz CT molecular complexity index is 675. The van der Waals surface area contributed by atoms with Crippen LogP contribution < -0.4 is 9.80 Å². The van der Waals surface area contributed by atoms with Gasteiger partial charge in [0.2, 0.25) is 0 Å². The van der Waals surface area contributed by atoms with Crippen LogP contribution in [0.5, 0.6) is 0 Å². The van der Waals surface area contributed by atoms with Gasteiger partial charge < -0.3 is 9.80 Å². The van der Waals surface area contributed by atoms with Crippen LogP contribution in [0.15, 0.2) is 48.5 Å². The fourth-order valence-electron chi connectivity index (χ4n) is 3.92. The van der Waals surface area contributed by atoms with Gasteiger partial charge in [0.15, 0.2) is 0 Å². The smallest absolute Gasteiger partial charge is 0.0366 e. The Morgan fingerprint density at radius 3 is 0.971 bits per heavy atom. The highest BCUT2D eigenvalue weighted by atomic mass is 35.5. The molecule has 0 atom stereocenters. The molecule has 2 nitrogen and oxygen atoms in total. The SMILES string of the molecule is CCCCN(CCCC)c1ccc(/C=C\c2ccc(N(CCCC)CCCC)cc2)cc1.Cl.Cl. The van der Waals surface area contributed by atoms with E-state index < -0.39 is 0 Å². The molecule has 0 aliphatic rings. The van der Waals surface area contributed by atoms with E-state index >= 15 is 0 Å². The summed E-state index contributed by atoms with van der Waals surface area (Å²) in [5.41, 5.74) is 5.23. The average molecular weight is 508 g/mol. The van der Waals surface area contributed by atoms with Crippen molar-refractivity contribution in [2.24, 2.45) is 0 Å². The summed E-state index contributed by atoms with van der Waals surface area (Å²) >= 11 is 0. The highest BCUT2D eigenvalue weighted by Crippen LogP contribution is 2.20. The molecule has 0 radical (unpaired) electrons. The van der Waals surface area contributed by atoms with E-state index in [0.29, 0.717) is 0 Å². The standard InChI is InChI=1S/C30H46N2.2ClH/c1-5-9-23-31(24-10-6-2)29-19-15-27(16-20-29)13-14-28-17-21-30(22-18-28)32(25-11-7-3)26-12-8-4;;/h13-22H,5-12,23-26H2,1-4H3;2*1H/b14-13-;;. The van der Waals surface area contributed by atoms with Crippen LogP contribution in [0.1, 0.15) is 90.2 Å². The van der Waals surface area contributed by atoms with Crippen LogP contribution in [-0.4, -0.2) is 26.2 Å². The average Bonchev–Trinajstić information content (AvgIpc) is 2.84. The number of anilines is 2. The molecule has 0 aromatic heterocycles. The normalized spacial score (nSPS) is 10.6.